The van der Waals surface area contributed by atoms with Gasteiger partial charge in [0.15, 0.2) is 5.78 Å². The molecule has 49 heavy (non-hydrogen) atoms. The van der Waals surface area contributed by atoms with E-state index >= 15 is 0 Å². The smallest absolute Gasteiger partial charge is 0.234 e. The molecule has 5 atom stereocenters. The number of hydrogen-bond donors (Lipinski definition) is 7. The first kappa shape index (κ1) is 42.1. The quantitative estimate of drug-likeness (QED) is 0.208. The van der Waals surface area contributed by atoms with E-state index < -0.39 is 0 Å². The molecule has 2 heterocycles. The van der Waals surface area contributed by atoms with Crippen LogP contribution < -0.4 is 37.2 Å². The average molecular weight is 707 g/mol. The normalized spacial score (nSPS) is 26.4. The van der Waals surface area contributed by atoms with Crippen LogP contribution in [0.5, 0.6) is 0 Å². The standard InChI is InChI=1S/C34H58N8O6S/c1-23-13-29(43)28-9-7-27(8-10-28)22-49-12-11-34(48-6)42(21-33(47)35-5)20-26(4)41-32(46)19-38-16-25(3)40-31(45)18-37-15-24(2)39-30(44)17-36-14-23/h7-10,23-26,34,36-38H,11-22H2,1-6H3,(H,35,47)(H,39,44)(H,40,45)(H,41,46)/t23-,24+,25+,26+,34?/m1/s1. The molecule has 276 valence electrons. The molecule has 2 bridgehead atoms. The zero-order chi connectivity index (χ0) is 36.2. The lowest BCUT2D eigenvalue weighted by Crippen LogP contribution is -2.51. The van der Waals surface area contributed by atoms with Crippen LogP contribution >= 0.6 is 11.8 Å². The van der Waals surface area contributed by atoms with Gasteiger partial charge in [0.2, 0.25) is 23.6 Å². The van der Waals surface area contributed by atoms with Crippen molar-refractivity contribution in [3.05, 3.63) is 35.4 Å². The van der Waals surface area contributed by atoms with Gasteiger partial charge >= 0.3 is 0 Å². The Bertz CT molecular complexity index is 1190. The lowest BCUT2D eigenvalue weighted by molar-refractivity contribution is -0.126. The van der Waals surface area contributed by atoms with Crippen LogP contribution in [0.4, 0.5) is 0 Å². The number of fused-ring (bicyclic) bond motifs is 29. The number of ether oxygens (including phenoxy) is 1. The molecule has 7 N–H and O–H groups in total. The number of methoxy groups -OCH3 is 1. The van der Waals surface area contributed by atoms with Crippen molar-refractivity contribution in [1.29, 1.82) is 0 Å². The number of ketones is 1. The molecule has 0 fully saturated rings. The van der Waals surface area contributed by atoms with E-state index in [1.807, 2.05) is 56.9 Å². The number of carbonyl (C=O) groups excluding carboxylic acids is 5. The van der Waals surface area contributed by atoms with Gasteiger partial charge in [0.1, 0.15) is 6.23 Å². The Morgan fingerprint density at radius 2 is 1.37 bits per heavy atom. The van der Waals surface area contributed by atoms with Crippen LogP contribution in [0.15, 0.2) is 24.3 Å². The zero-order valence-corrected chi connectivity index (χ0v) is 30.8. The molecule has 2 aliphatic heterocycles. The Kier molecular flexibility index (Phi) is 20.1. The van der Waals surface area contributed by atoms with E-state index in [1.54, 1.807) is 25.9 Å². The maximum atomic E-state index is 12.9. The molecule has 3 rings (SSSR count). The van der Waals surface area contributed by atoms with Gasteiger partial charge in [0.05, 0.1) is 26.2 Å². The molecule has 4 amide bonds. The van der Waals surface area contributed by atoms with Crippen molar-refractivity contribution in [2.75, 3.05) is 72.3 Å². The van der Waals surface area contributed by atoms with Crippen LogP contribution in [0.25, 0.3) is 0 Å². The molecule has 1 aromatic rings. The van der Waals surface area contributed by atoms with Gasteiger partial charge in [-0.05, 0) is 51.0 Å². The molecule has 0 saturated carbocycles. The summed E-state index contributed by atoms with van der Waals surface area (Å²) in [7, 11) is 3.21. The molecule has 1 unspecified atom stereocenters. The Labute approximate surface area is 295 Å². The van der Waals surface area contributed by atoms with E-state index in [4.69, 9.17) is 4.74 Å². The molecule has 0 radical (unpaired) electrons. The number of hydrogen-bond acceptors (Lipinski definition) is 11. The summed E-state index contributed by atoms with van der Waals surface area (Å²) in [6.45, 7) is 9.74. The van der Waals surface area contributed by atoms with Crippen LogP contribution in [0, 0.1) is 5.92 Å². The highest BCUT2D eigenvalue weighted by Gasteiger charge is 2.23. The molecule has 15 heteroatoms. The predicted octanol–water partition coefficient (Wildman–Crippen LogP) is -0.164. The summed E-state index contributed by atoms with van der Waals surface area (Å²) in [6.07, 6.45) is 0.708. The van der Waals surface area contributed by atoms with Gasteiger partial charge < -0.3 is 42.0 Å². The third-order valence-electron chi connectivity index (χ3n) is 7.87. The fourth-order valence-corrected chi connectivity index (χ4v) is 6.32. The first-order valence-electron chi connectivity index (χ1n) is 17.1. The van der Waals surface area contributed by atoms with Crippen LogP contribution in [-0.4, -0.2) is 131 Å². The average Bonchev–Trinajstić information content (AvgIpc) is 3.04. The largest absolute Gasteiger partial charge is 0.366 e. The van der Waals surface area contributed by atoms with E-state index in [0.717, 1.165) is 17.1 Å². The number of nitrogens with zero attached hydrogens (tertiary/aromatic N) is 1. The number of carbonyl (C=O) groups is 5. The van der Waals surface area contributed by atoms with Crippen molar-refractivity contribution in [2.24, 2.45) is 5.92 Å². The Morgan fingerprint density at radius 1 is 0.837 bits per heavy atom. The van der Waals surface area contributed by atoms with Crippen molar-refractivity contribution in [2.45, 2.75) is 70.6 Å². The number of Topliss-reactive ketones (excluding diaryl/α,β-unsaturated/α-hetero) is 1. The second-order valence-corrected chi connectivity index (χ2v) is 14.0. The van der Waals surface area contributed by atoms with Crippen molar-refractivity contribution >= 4 is 41.2 Å². The third kappa shape index (κ3) is 17.9. The number of likely N-dealkylation sites (N-methyl/N-ethyl adjacent to an activating group) is 1. The molecular weight excluding hydrogens is 648 g/mol. The first-order valence-corrected chi connectivity index (χ1v) is 18.2. The maximum absolute atomic E-state index is 12.9. The van der Waals surface area contributed by atoms with Gasteiger partial charge in [-0.2, -0.15) is 11.8 Å². The van der Waals surface area contributed by atoms with Gasteiger partial charge in [0.25, 0.3) is 0 Å². The number of benzene rings is 1. The van der Waals surface area contributed by atoms with Crippen molar-refractivity contribution in [3.63, 3.8) is 0 Å². The summed E-state index contributed by atoms with van der Waals surface area (Å²) in [5.74, 6) is 0.953. The van der Waals surface area contributed by atoms with Crippen LogP contribution in [0.2, 0.25) is 0 Å². The summed E-state index contributed by atoms with van der Waals surface area (Å²) in [4.78, 5) is 64.5. The summed E-state index contributed by atoms with van der Waals surface area (Å²) >= 11 is 1.74. The fourth-order valence-electron chi connectivity index (χ4n) is 5.38. The molecule has 0 aliphatic carbocycles. The predicted molar refractivity (Wildman–Crippen MR) is 193 cm³/mol. The highest BCUT2D eigenvalue weighted by atomic mass is 32.2. The minimum absolute atomic E-state index is 0.0516. The summed E-state index contributed by atoms with van der Waals surface area (Å²) in [5.41, 5.74) is 1.77. The van der Waals surface area contributed by atoms with Crippen molar-refractivity contribution in [1.82, 2.24) is 42.1 Å². The first-order chi connectivity index (χ1) is 23.4. The zero-order valence-electron chi connectivity index (χ0n) is 30.0. The van der Waals surface area contributed by atoms with Crippen LogP contribution in [-0.2, 0) is 29.7 Å². The minimum atomic E-state index is -0.329. The van der Waals surface area contributed by atoms with Gasteiger partial charge in [0, 0.05) is 69.7 Å². The van der Waals surface area contributed by atoms with Gasteiger partial charge in [-0.25, -0.2) is 0 Å². The topological polar surface area (TPSA) is 182 Å². The van der Waals surface area contributed by atoms with Crippen molar-refractivity contribution < 1.29 is 28.7 Å². The summed E-state index contributed by atoms with van der Waals surface area (Å²) < 4.78 is 5.79. The van der Waals surface area contributed by atoms with Crippen LogP contribution in [0.3, 0.4) is 0 Å². The molecule has 0 saturated heterocycles. The highest BCUT2D eigenvalue weighted by molar-refractivity contribution is 7.98. The van der Waals surface area contributed by atoms with Gasteiger partial charge in [-0.15, -0.1) is 0 Å². The van der Waals surface area contributed by atoms with E-state index in [-0.39, 0.29) is 85.9 Å². The van der Waals surface area contributed by atoms with Gasteiger partial charge in [-0.3, -0.25) is 28.9 Å². The second-order valence-electron chi connectivity index (χ2n) is 12.9. The summed E-state index contributed by atoms with van der Waals surface area (Å²) in [6, 6.07) is 7.03. The third-order valence-corrected chi connectivity index (χ3v) is 8.94. The molecule has 0 spiro atoms. The van der Waals surface area contributed by atoms with E-state index in [9.17, 15) is 24.0 Å². The monoisotopic (exact) mass is 706 g/mol. The minimum Gasteiger partial charge on any atom is -0.366 e. The highest BCUT2D eigenvalue weighted by Crippen LogP contribution is 2.18. The molecule has 0 aromatic heterocycles. The van der Waals surface area contributed by atoms with E-state index in [0.29, 0.717) is 44.6 Å². The van der Waals surface area contributed by atoms with Crippen LogP contribution in [0.1, 0.15) is 56.5 Å². The number of thioether (sulfide) groups is 1. The number of nitrogens with one attached hydrogen (secondary N) is 7. The molecule has 1 aromatic carbocycles. The van der Waals surface area contributed by atoms with Gasteiger partial charge in [-0.1, -0.05) is 31.2 Å². The number of rotatable bonds is 3. The Morgan fingerprint density at radius 3 is 1.90 bits per heavy atom. The SMILES string of the molecule is CNC(=O)CN1C[C@H](C)NC(=O)CNC[C@H](C)NC(=O)CNC[C@H](C)NC(=O)CNC[C@H](C)CC(=O)c2ccc(cc2)CSCCC1OC. The second kappa shape index (κ2) is 23.3. The Hall–Kier alpha value is -3.08. The Balaban J connectivity index is 2.05. The fraction of sp³-hybridized carbons (Fsp3) is 0.676. The van der Waals surface area contributed by atoms with E-state index in [2.05, 4.69) is 37.2 Å². The molecule has 14 nitrogen and oxygen atoms in total. The van der Waals surface area contributed by atoms with E-state index in [1.165, 1.54) is 0 Å². The maximum Gasteiger partial charge on any atom is 0.234 e. The molecular formula is C34H58N8O6S. The lowest BCUT2D eigenvalue weighted by atomic mass is 9.99. The molecule has 2 aliphatic rings. The van der Waals surface area contributed by atoms with Crippen molar-refractivity contribution in [3.8, 4) is 0 Å². The lowest BCUT2D eigenvalue weighted by Gasteiger charge is -2.32. The summed E-state index contributed by atoms with van der Waals surface area (Å²) in [5, 5.41) is 20.7. The number of amides is 4.